The lowest BCUT2D eigenvalue weighted by molar-refractivity contribution is -0.123. The van der Waals surface area contributed by atoms with Crippen molar-refractivity contribution >= 4 is 39.4 Å². The lowest BCUT2D eigenvalue weighted by Gasteiger charge is -2.08. The summed E-state index contributed by atoms with van der Waals surface area (Å²) in [4.78, 5) is 12.7. The van der Waals surface area contributed by atoms with Gasteiger partial charge in [-0.15, -0.1) is 11.3 Å². The number of nitrogens with zero attached hydrogens (tertiary/aromatic N) is 1. The first-order valence-electron chi connectivity index (χ1n) is 6.31. The number of rotatable bonds is 5. The summed E-state index contributed by atoms with van der Waals surface area (Å²) in [7, 11) is 0. The van der Waals surface area contributed by atoms with Crippen molar-refractivity contribution in [3.05, 3.63) is 50.1 Å². The number of amides is 1. The molecule has 1 heterocycles. The van der Waals surface area contributed by atoms with Crippen molar-refractivity contribution in [2.24, 2.45) is 5.10 Å². The molecule has 1 N–H and O–H groups in total. The molecule has 0 saturated carbocycles. The van der Waals surface area contributed by atoms with E-state index >= 15 is 0 Å². The average Bonchev–Trinajstić information content (AvgIpc) is 2.83. The molecular weight excluding hydrogens is 352 g/mol. The number of carbonyl (C=O) groups is 1. The zero-order valence-corrected chi connectivity index (χ0v) is 14.1. The summed E-state index contributed by atoms with van der Waals surface area (Å²) in [6, 6.07) is 7.64. The first kappa shape index (κ1) is 15.7. The van der Waals surface area contributed by atoms with E-state index in [-0.39, 0.29) is 12.5 Å². The van der Waals surface area contributed by atoms with Gasteiger partial charge in [-0.1, -0.05) is 15.9 Å². The molecule has 110 valence electrons. The fraction of sp³-hybridized carbons (Fsp3) is 0.200. The molecule has 1 amide bonds. The largest absolute Gasteiger partial charge is 0.483 e. The molecule has 1 aromatic carbocycles. The molecule has 1 aromatic heterocycles. The van der Waals surface area contributed by atoms with Crippen molar-refractivity contribution in [2.75, 3.05) is 6.61 Å². The Morgan fingerprint density at radius 3 is 2.86 bits per heavy atom. The second-order valence-corrected chi connectivity index (χ2v) is 6.32. The van der Waals surface area contributed by atoms with Crippen LogP contribution in [0.1, 0.15) is 16.0 Å². The Morgan fingerprint density at radius 1 is 1.38 bits per heavy atom. The minimum atomic E-state index is -0.289. The Hall–Kier alpha value is -1.66. The molecule has 0 aliphatic heterocycles. The molecule has 0 spiro atoms. The van der Waals surface area contributed by atoms with Gasteiger partial charge in [-0.25, -0.2) is 5.43 Å². The highest BCUT2D eigenvalue weighted by Gasteiger charge is 2.04. The van der Waals surface area contributed by atoms with Gasteiger partial charge >= 0.3 is 0 Å². The minimum Gasteiger partial charge on any atom is -0.483 e. The van der Waals surface area contributed by atoms with Crippen molar-refractivity contribution in [1.29, 1.82) is 0 Å². The Bertz CT molecular complexity index is 667. The van der Waals surface area contributed by atoms with Gasteiger partial charge < -0.3 is 4.74 Å². The van der Waals surface area contributed by atoms with Gasteiger partial charge in [0, 0.05) is 9.35 Å². The van der Waals surface area contributed by atoms with Crippen molar-refractivity contribution in [3.63, 3.8) is 0 Å². The van der Waals surface area contributed by atoms with Gasteiger partial charge in [0.25, 0.3) is 5.91 Å². The Labute approximate surface area is 136 Å². The highest BCUT2D eigenvalue weighted by molar-refractivity contribution is 9.10. The molecule has 2 aromatic rings. The number of ether oxygens (including phenoxy) is 1. The third kappa shape index (κ3) is 4.68. The van der Waals surface area contributed by atoms with Crippen LogP contribution in [-0.4, -0.2) is 18.7 Å². The summed E-state index contributed by atoms with van der Waals surface area (Å²) in [6.45, 7) is 3.86. The summed E-state index contributed by atoms with van der Waals surface area (Å²) in [5.41, 5.74) is 4.56. The van der Waals surface area contributed by atoms with Gasteiger partial charge in [0.1, 0.15) is 5.75 Å². The highest BCUT2D eigenvalue weighted by atomic mass is 79.9. The first-order chi connectivity index (χ1) is 10.1. The lowest BCUT2D eigenvalue weighted by atomic mass is 10.2. The molecule has 0 saturated heterocycles. The number of aryl methyl sites for hydroxylation is 2. The van der Waals surface area contributed by atoms with E-state index in [4.69, 9.17) is 4.74 Å². The zero-order valence-electron chi connectivity index (χ0n) is 11.7. The Morgan fingerprint density at radius 2 is 2.19 bits per heavy atom. The summed E-state index contributed by atoms with van der Waals surface area (Å²) in [6.07, 6.45) is 1.64. The molecule has 21 heavy (non-hydrogen) atoms. The standard InChI is InChI=1S/C15H15BrN2O2S/c1-10-5-6-21-14(10)8-17-18-15(19)9-20-13-4-3-12(16)7-11(13)2/h3-8H,9H2,1-2H3,(H,18,19). The van der Waals surface area contributed by atoms with E-state index in [0.717, 1.165) is 20.5 Å². The number of nitrogens with one attached hydrogen (secondary N) is 1. The number of hydrogen-bond acceptors (Lipinski definition) is 4. The van der Waals surface area contributed by atoms with Crippen LogP contribution in [0.4, 0.5) is 0 Å². The predicted molar refractivity (Wildman–Crippen MR) is 89.2 cm³/mol. The van der Waals surface area contributed by atoms with Crippen LogP contribution in [0, 0.1) is 13.8 Å². The van der Waals surface area contributed by atoms with Crippen LogP contribution in [0.15, 0.2) is 39.2 Å². The van der Waals surface area contributed by atoms with Gasteiger partial charge in [-0.2, -0.15) is 5.10 Å². The molecule has 0 fully saturated rings. The third-order valence-corrected chi connectivity index (χ3v) is 4.22. The number of benzene rings is 1. The topological polar surface area (TPSA) is 50.7 Å². The molecule has 6 heteroatoms. The average molecular weight is 367 g/mol. The summed E-state index contributed by atoms with van der Waals surface area (Å²) < 4.78 is 6.44. The SMILES string of the molecule is Cc1cc(Br)ccc1OCC(=O)NN=Cc1sccc1C. The molecule has 2 rings (SSSR count). The number of halogens is 1. The normalized spacial score (nSPS) is 10.8. The van der Waals surface area contributed by atoms with E-state index in [2.05, 4.69) is 26.5 Å². The second kappa shape index (κ2) is 7.38. The molecule has 0 radical (unpaired) electrons. The Balaban J connectivity index is 1.82. The molecule has 4 nitrogen and oxygen atoms in total. The fourth-order valence-electron chi connectivity index (χ4n) is 1.63. The quantitative estimate of drug-likeness (QED) is 0.648. The zero-order chi connectivity index (χ0) is 15.2. The lowest BCUT2D eigenvalue weighted by Crippen LogP contribution is -2.24. The highest BCUT2D eigenvalue weighted by Crippen LogP contribution is 2.21. The number of thiophene rings is 1. The van der Waals surface area contributed by atoms with Crippen molar-refractivity contribution in [2.45, 2.75) is 13.8 Å². The van der Waals surface area contributed by atoms with Gasteiger partial charge in [0.15, 0.2) is 6.61 Å². The van der Waals surface area contributed by atoms with E-state index in [1.807, 2.05) is 43.5 Å². The molecule has 0 aliphatic carbocycles. The van der Waals surface area contributed by atoms with Gasteiger partial charge in [0.05, 0.1) is 6.21 Å². The first-order valence-corrected chi connectivity index (χ1v) is 7.98. The summed E-state index contributed by atoms with van der Waals surface area (Å²) >= 11 is 4.96. The minimum absolute atomic E-state index is 0.0662. The monoisotopic (exact) mass is 366 g/mol. The van der Waals surface area contributed by atoms with Crippen LogP contribution in [-0.2, 0) is 4.79 Å². The van der Waals surface area contributed by atoms with Crippen molar-refractivity contribution in [1.82, 2.24) is 5.43 Å². The molecule has 0 aliphatic rings. The van der Waals surface area contributed by atoms with E-state index in [9.17, 15) is 4.79 Å². The van der Waals surface area contributed by atoms with Gasteiger partial charge in [0.2, 0.25) is 0 Å². The maximum atomic E-state index is 11.7. The van der Waals surface area contributed by atoms with E-state index in [0.29, 0.717) is 5.75 Å². The van der Waals surface area contributed by atoms with E-state index in [1.165, 1.54) is 0 Å². The fourth-order valence-corrected chi connectivity index (χ4v) is 2.89. The maximum absolute atomic E-state index is 11.7. The molecular formula is C15H15BrN2O2S. The summed E-state index contributed by atoms with van der Waals surface area (Å²) in [5, 5.41) is 5.91. The van der Waals surface area contributed by atoms with E-state index in [1.54, 1.807) is 17.6 Å². The van der Waals surface area contributed by atoms with Crippen molar-refractivity contribution < 1.29 is 9.53 Å². The second-order valence-electron chi connectivity index (χ2n) is 4.46. The van der Waals surface area contributed by atoms with E-state index < -0.39 is 0 Å². The van der Waals surface area contributed by atoms with Gasteiger partial charge in [-0.05, 0) is 54.6 Å². The third-order valence-electron chi connectivity index (χ3n) is 2.77. The molecule has 0 bridgehead atoms. The van der Waals surface area contributed by atoms with Crippen LogP contribution >= 0.6 is 27.3 Å². The predicted octanol–water partition coefficient (Wildman–Crippen LogP) is 3.66. The number of hydrazone groups is 1. The van der Waals surface area contributed by atoms with Crippen molar-refractivity contribution in [3.8, 4) is 5.75 Å². The maximum Gasteiger partial charge on any atom is 0.277 e. The smallest absolute Gasteiger partial charge is 0.277 e. The number of hydrogen-bond donors (Lipinski definition) is 1. The molecule has 0 unspecified atom stereocenters. The Kier molecular flexibility index (Phi) is 5.52. The van der Waals surface area contributed by atoms with Gasteiger partial charge in [-0.3, -0.25) is 4.79 Å². The van der Waals surface area contributed by atoms with Crippen LogP contribution in [0.3, 0.4) is 0 Å². The molecule has 0 atom stereocenters. The van der Waals surface area contributed by atoms with Crippen LogP contribution in [0.2, 0.25) is 0 Å². The van der Waals surface area contributed by atoms with Crippen LogP contribution in [0.5, 0.6) is 5.75 Å². The van der Waals surface area contributed by atoms with Crippen LogP contribution in [0.25, 0.3) is 0 Å². The summed E-state index contributed by atoms with van der Waals surface area (Å²) in [5.74, 6) is 0.397. The van der Waals surface area contributed by atoms with Crippen LogP contribution < -0.4 is 10.2 Å². The number of carbonyl (C=O) groups excluding carboxylic acids is 1.